The zero-order chi connectivity index (χ0) is 13.2. The van der Waals surface area contributed by atoms with E-state index in [1.54, 1.807) is 0 Å². The second kappa shape index (κ2) is 5.71. The van der Waals surface area contributed by atoms with E-state index in [-0.39, 0.29) is 0 Å². The second-order valence-corrected chi connectivity index (χ2v) is 6.41. The van der Waals surface area contributed by atoms with E-state index < -0.39 is 0 Å². The summed E-state index contributed by atoms with van der Waals surface area (Å²) < 4.78 is 7.29. The number of furan rings is 1. The van der Waals surface area contributed by atoms with Gasteiger partial charge >= 0.3 is 0 Å². The zero-order valence-corrected chi connectivity index (χ0v) is 13.7. The summed E-state index contributed by atoms with van der Waals surface area (Å²) in [5.41, 5.74) is 4.23. The van der Waals surface area contributed by atoms with E-state index in [1.165, 1.54) is 42.5 Å². The van der Waals surface area contributed by atoms with Crippen LogP contribution in [-0.4, -0.2) is 0 Å². The van der Waals surface area contributed by atoms with Crippen LogP contribution in [0.5, 0.6) is 0 Å². The van der Waals surface area contributed by atoms with Gasteiger partial charge in [0.25, 0.3) is 0 Å². The van der Waals surface area contributed by atoms with Crippen molar-refractivity contribution in [2.24, 2.45) is 0 Å². The topological polar surface area (TPSA) is 25.2 Å². The Morgan fingerprint density at radius 3 is 2.79 bits per heavy atom. The minimum atomic E-state index is 0.709. The van der Waals surface area contributed by atoms with Crippen LogP contribution in [0.25, 0.3) is 0 Å². The van der Waals surface area contributed by atoms with Gasteiger partial charge in [-0.2, -0.15) is 0 Å². The molecule has 0 saturated carbocycles. The van der Waals surface area contributed by atoms with E-state index in [0.29, 0.717) is 6.54 Å². The predicted molar refractivity (Wildman–Crippen MR) is 84.5 cm³/mol. The molecule has 1 aromatic carbocycles. The molecular weight excluding hydrogens is 370 g/mol. The number of hydrogen-bond donors (Lipinski definition) is 1. The van der Waals surface area contributed by atoms with E-state index in [4.69, 9.17) is 4.42 Å². The zero-order valence-electron chi connectivity index (χ0n) is 10.5. The highest BCUT2D eigenvalue weighted by Crippen LogP contribution is 2.30. The fourth-order valence-corrected chi connectivity index (χ4v) is 3.27. The number of anilines is 1. The molecule has 0 atom stereocenters. The summed E-state index contributed by atoms with van der Waals surface area (Å²) in [6.45, 7) is 0.709. The number of hydrogen-bond acceptors (Lipinski definition) is 2. The van der Waals surface area contributed by atoms with Crippen molar-refractivity contribution in [3.8, 4) is 0 Å². The summed E-state index contributed by atoms with van der Waals surface area (Å²) in [6, 6.07) is 8.55. The van der Waals surface area contributed by atoms with Crippen LogP contribution in [0.3, 0.4) is 0 Å². The first-order valence-electron chi connectivity index (χ1n) is 6.52. The van der Waals surface area contributed by atoms with Crippen LogP contribution in [0.1, 0.15) is 29.7 Å². The highest BCUT2D eigenvalue weighted by atomic mass is 79.9. The fraction of sp³-hybridized carbons (Fsp3) is 0.333. The highest BCUT2D eigenvalue weighted by molar-refractivity contribution is 9.13. The average Bonchev–Trinajstić information content (AvgIpc) is 2.75. The molecule has 2 aromatic rings. The Morgan fingerprint density at radius 1 is 1.16 bits per heavy atom. The van der Waals surface area contributed by atoms with E-state index in [1.807, 2.05) is 6.07 Å². The van der Waals surface area contributed by atoms with Crippen molar-refractivity contribution >= 4 is 37.5 Å². The smallest absolute Gasteiger partial charge is 0.183 e. The van der Waals surface area contributed by atoms with Crippen molar-refractivity contribution in [2.75, 3.05) is 5.32 Å². The molecule has 4 heteroatoms. The molecule has 19 heavy (non-hydrogen) atoms. The lowest BCUT2D eigenvalue weighted by Crippen LogP contribution is -2.08. The Labute approximate surface area is 129 Å². The van der Waals surface area contributed by atoms with Crippen LogP contribution < -0.4 is 5.32 Å². The number of fused-ring (bicyclic) bond motifs is 1. The standard InChI is InChI=1S/C15H15Br2NO/c16-13-8-11(19-15(13)17)9-18-14-7-3-5-10-4-1-2-6-12(10)14/h3,5,7-8,18H,1-2,4,6,9H2. The highest BCUT2D eigenvalue weighted by Gasteiger charge is 2.13. The SMILES string of the molecule is Brc1cc(CNc2cccc3c2CCCC3)oc1Br. The largest absolute Gasteiger partial charge is 0.451 e. The van der Waals surface area contributed by atoms with Crippen LogP contribution in [-0.2, 0) is 19.4 Å². The van der Waals surface area contributed by atoms with Crippen molar-refractivity contribution < 1.29 is 4.42 Å². The normalized spacial score (nSPS) is 14.2. The molecule has 1 heterocycles. The quantitative estimate of drug-likeness (QED) is 0.777. The third-order valence-electron chi connectivity index (χ3n) is 3.55. The van der Waals surface area contributed by atoms with E-state index in [2.05, 4.69) is 55.4 Å². The Bertz CT molecular complexity index is 572. The van der Waals surface area contributed by atoms with Gasteiger partial charge in [-0.05, 0) is 80.8 Å². The third kappa shape index (κ3) is 2.90. The van der Waals surface area contributed by atoms with Gasteiger partial charge in [-0.25, -0.2) is 0 Å². The predicted octanol–water partition coefficient (Wildman–Crippen LogP) is 5.30. The molecule has 3 rings (SSSR count). The van der Waals surface area contributed by atoms with Crippen molar-refractivity contribution in [3.05, 3.63) is 50.3 Å². The van der Waals surface area contributed by atoms with Crippen molar-refractivity contribution in [3.63, 3.8) is 0 Å². The molecule has 0 unspecified atom stereocenters. The molecule has 1 aliphatic carbocycles. The van der Waals surface area contributed by atoms with Gasteiger partial charge in [0.1, 0.15) is 5.76 Å². The molecule has 0 aliphatic heterocycles. The summed E-state index contributed by atoms with van der Waals surface area (Å²) in [4.78, 5) is 0. The molecule has 1 aromatic heterocycles. The number of nitrogens with one attached hydrogen (secondary N) is 1. The molecule has 0 fully saturated rings. The Balaban J connectivity index is 1.76. The summed E-state index contributed by atoms with van der Waals surface area (Å²) in [7, 11) is 0. The molecule has 0 spiro atoms. The molecule has 0 bridgehead atoms. The maximum absolute atomic E-state index is 5.59. The van der Waals surface area contributed by atoms with Crippen LogP contribution >= 0.6 is 31.9 Å². The summed E-state index contributed by atoms with van der Waals surface area (Å²) in [6.07, 6.45) is 5.00. The van der Waals surface area contributed by atoms with Gasteiger partial charge in [-0.3, -0.25) is 0 Å². The lowest BCUT2D eigenvalue weighted by molar-refractivity contribution is 0.494. The molecule has 1 N–H and O–H groups in total. The number of aryl methyl sites for hydroxylation is 1. The molecule has 2 nitrogen and oxygen atoms in total. The molecule has 100 valence electrons. The van der Waals surface area contributed by atoms with E-state index >= 15 is 0 Å². The van der Waals surface area contributed by atoms with Gasteiger partial charge in [0.05, 0.1) is 11.0 Å². The lowest BCUT2D eigenvalue weighted by Gasteiger charge is -2.19. The first kappa shape index (κ1) is 13.3. The number of benzene rings is 1. The molecule has 0 saturated heterocycles. The summed E-state index contributed by atoms with van der Waals surface area (Å²) in [5.74, 6) is 0.923. The van der Waals surface area contributed by atoms with Crippen LogP contribution in [0, 0.1) is 0 Å². The van der Waals surface area contributed by atoms with Gasteiger partial charge in [0, 0.05) is 5.69 Å². The Hall–Kier alpha value is -0.740. The third-order valence-corrected chi connectivity index (χ3v) is 5.26. The van der Waals surface area contributed by atoms with Crippen molar-refractivity contribution in [1.82, 2.24) is 0 Å². The van der Waals surface area contributed by atoms with E-state index in [0.717, 1.165) is 14.9 Å². The van der Waals surface area contributed by atoms with E-state index in [9.17, 15) is 0 Å². The van der Waals surface area contributed by atoms with Crippen LogP contribution in [0.4, 0.5) is 5.69 Å². The van der Waals surface area contributed by atoms with Crippen LogP contribution in [0.2, 0.25) is 0 Å². The van der Waals surface area contributed by atoms with Gasteiger partial charge in [0.15, 0.2) is 4.67 Å². The van der Waals surface area contributed by atoms with Crippen molar-refractivity contribution in [1.29, 1.82) is 0 Å². The monoisotopic (exact) mass is 383 g/mol. The molecule has 0 radical (unpaired) electrons. The maximum Gasteiger partial charge on any atom is 0.183 e. The molecule has 1 aliphatic rings. The Kier molecular flexibility index (Phi) is 3.99. The lowest BCUT2D eigenvalue weighted by atomic mass is 9.90. The van der Waals surface area contributed by atoms with Crippen LogP contribution in [0.15, 0.2) is 37.8 Å². The number of halogens is 2. The number of rotatable bonds is 3. The minimum Gasteiger partial charge on any atom is -0.451 e. The summed E-state index contributed by atoms with van der Waals surface area (Å²) in [5, 5.41) is 3.49. The van der Waals surface area contributed by atoms with Gasteiger partial charge in [-0.1, -0.05) is 12.1 Å². The maximum atomic E-state index is 5.59. The molecule has 0 amide bonds. The second-order valence-electron chi connectivity index (χ2n) is 4.84. The van der Waals surface area contributed by atoms with Gasteiger partial charge in [-0.15, -0.1) is 0 Å². The Morgan fingerprint density at radius 2 is 2.00 bits per heavy atom. The average molecular weight is 385 g/mol. The first-order chi connectivity index (χ1) is 9.24. The minimum absolute atomic E-state index is 0.709. The van der Waals surface area contributed by atoms with Crippen molar-refractivity contribution in [2.45, 2.75) is 32.2 Å². The van der Waals surface area contributed by atoms with Gasteiger partial charge in [0.2, 0.25) is 0 Å². The van der Waals surface area contributed by atoms with Gasteiger partial charge < -0.3 is 9.73 Å². The fourth-order valence-electron chi connectivity index (χ4n) is 2.61. The first-order valence-corrected chi connectivity index (χ1v) is 8.11. The summed E-state index contributed by atoms with van der Waals surface area (Å²) >= 11 is 6.80. The molecular formula is C15H15Br2NO.